The highest BCUT2D eigenvalue weighted by Crippen LogP contribution is 2.47. The van der Waals surface area contributed by atoms with Crippen LogP contribution in [-0.2, 0) is 6.54 Å². The molecule has 4 nitrogen and oxygen atoms in total. The molecule has 0 unspecified atom stereocenters. The zero-order chi connectivity index (χ0) is 22.0. The molecule has 3 aliphatic heterocycles. The summed E-state index contributed by atoms with van der Waals surface area (Å²) in [4.78, 5) is 20.7. The fraction of sp³-hybridized carbons (Fsp3) is 0.391. The fourth-order valence-corrected chi connectivity index (χ4v) is 8.35. The molecule has 32 heavy (non-hydrogen) atoms. The van der Waals surface area contributed by atoms with E-state index in [1.54, 1.807) is 16.3 Å². The maximum Gasteiger partial charge on any atom is 0.350 e. The van der Waals surface area contributed by atoms with Crippen LogP contribution in [0, 0.1) is 17.6 Å². The summed E-state index contributed by atoms with van der Waals surface area (Å²) in [6, 6.07) is 5.70. The standard InChI is InChI=1S/C23H20ClF2N3OS2/c24-16-9-15-20-21(19(16)14-4-3-13(25)8-17(14)26)32-7-6-29(20)23(30)27-22(15)28-5-1-2-12-10-31-11-18(12)28/h3-4,8-9,12,18H,1-2,5-7,10-11H2/t12-,18+/m0/s1. The minimum absolute atomic E-state index is 0.241. The summed E-state index contributed by atoms with van der Waals surface area (Å²) < 4.78 is 30.0. The zero-order valence-corrected chi connectivity index (χ0v) is 19.5. The van der Waals surface area contributed by atoms with Crippen molar-refractivity contribution in [2.24, 2.45) is 5.92 Å². The Bertz CT molecular complexity index is 1310. The Morgan fingerprint density at radius 3 is 2.88 bits per heavy atom. The van der Waals surface area contributed by atoms with E-state index in [9.17, 15) is 13.6 Å². The molecule has 0 N–H and O–H groups in total. The largest absolute Gasteiger partial charge is 0.352 e. The van der Waals surface area contributed by atoms with E-state index in [4.69, 9.17) is 11.6 Å². The number of thioether (sulfide) groups is 2. The molecule has 3 aromatic rings. The lowest BCUT2D eigenvalue weighted by atomic mass is 9.91. The first kappa shape index (κ1) is 20.8. The Kier molecular flexibility index (Phi) is 5.15. The van der Waals surface area contributed by atoms with Crippen molar-refractivity contribution in [2.75, 3.05) is 28.7 Å². The van der Waals surface area contributed by atoms with Gasteiger partial charge in [0.2, 0.25) is 0 Å². The number of aryl methyl sites for hydroxylation is 1. The SMILES string of the molecule is O=c1nc(N2CCC[C@H]3CSC[C@H]32)c2cc(Cl)c(-c3ccc(F)cc3F)c3c2n1CCS3. The minimum Gasteiger partial charge on any atom is -0.352 e. The molecule has 0 bridgehead atoms. The molecular formula is C23H20ClF2N3OS2. The summed E-state index contributed by atoms with van der Waals surface area (Å²) in [6.07, 6.45) is 2.28. The summed E-state index contributed by atoms with van der Waals surface area (Å²) in [7, 11) is 0. The number of hydrogen-bond donors (Lipinski definition) is 0. The highest BCUT2D eigenvalue weighted by Gasteiger charge is 2.38. The summed E-state index contributed by atoms with van der Waals surface area (Å²) >= 11 is 10.3. The van der Waals surface area contributed by atoms with Gasteiger partial charge in [-0.3, -0.25) is 4.57 Å². The maximum atomic E-state index is 14.7. The van der Waals surface area contributed by atoms with E-state index < -0.39 is 11.6 Å². The summed E-state index contributed by atoms with van der Waals surface area (Å²) in [6.45, 7) is 1.40. The third-order valence-electron chi connectivity index (χ3n) is 6.72. The van der Waals surface area contributed by atoms with Crippen molar-refractivity contribution in [3.63, 3.8) is 0 Å². The van der Waals surface area contributed by atoms with E-state index in [-0.39, 0.29) is 11.3 Å². The van der Waals surface area contributed by atoms with Crippen LogP contribution in [0.2, 0.25) is 5.02 Å². The van der Waals surface area contributed by atoms with Crippen LogP contribution in [-0.4, -0.2) is 39.4 Å². The van der Waals surface area contributed by atoms with E-state index in [2.05, 4.69) is 9.88 Å². The van der Waals surface area contributed by atoms with E-state index in [0.717, 1.165) is 46.3 Å². The van der Waals surface area contributed by atoms with Crippen molar-refractivity contribution in [1.82, 2.24) is 9.55 Å². The number of aromatic nitrogens is 2. The van der Waals surface area contributed by atoms with Gasteiger partial charge in [0.15, 0.2) is 0 Å². The van der Waals surface area contributed by atoms with Gasteiger partial charge in [-0.1, -0.05) is 11.6 Å². The number of benzene rings is 2. The molecule has 2 atom stereocenters. The van der Waals surface area contributed by atoms with Gasteiger partial charge in [0.1, 0.15) is 17.5 Å². The monoisotopic (exact) mass is 491 g/mol. The van der Waals surface area contributed by atoms with Crippen LogP contribution in [0.4, 0.5) is 14.6 Å². The minimum atomic E-state index is -0.668. The molecule has 1 aromatic heterocycles. The van der Waals surface area contributed by atoms with Gasteiger partial charge in [-0.05, 0) is 42.7 Å². The average Bonchev–Trinajstić information content (AvgIpc) is 3.26. The second-order valence-electron chi connectivity index (χ2n) is 8.50. The fourth-order valence-electron chi connectivity index (χ4n) is 5.27. The van der Waals surface area contributed by atoms with Crippen LogP contribution < -0.4 is 10.6 Å². The van der Waals surface area contributed by atoms with Crippen LogP contribution in [0.3, 0.4) is 0 Å². The van der Waals surface area contributed by atoms with Crippen LogP contribution in [0.15, 0.2) is 34.0 Å². The molecule has 166 valence electrons. The van der Waals surface area contributed by atoms with Crippen molar-refractivity contribution in [3.05, 3.63) is 51.4 Å². The van der Waals surface area contributed by atoms with E-state index in [1.165, 1.54) is 18.6 Å². The molecule has 2 fully saturated rings. The maximum absolute atomic E-state index is 14.7. The van der Waals surface area contributed by atoms with Crippen LogP contribution in [0.5, 0.6) is 0 Å². The number of fused-ring (bicyclic) bond motifs is 1. The van der Waals surface area contributed by atoms with Crippen molar-refractivity contribution in [1.29, 1.82) is 0 Å². The molecule has 0 amide bonds. The highest BCUT2D eigenvalue weighted by atomic mass is 35.5. The summed E-state index contributed by atoms with van der Waals surface area (Å²) in [5, 5.41) is 1.22. The van der Waals surface area contributed by atoms with E-state index >= 15 is 0 Å². The van der Waals surface area contributed by atoms with Crippen LogP contribution in [0.1, 0.15) is 12.8 Å². The Labute approximate surface area is 197 Å². The predicted octanol–water partition coefficient (Wildman–Crippen LogP) is 5.43. The van der Waals surface area contributed by atoms with Crippen molar-refractivity contribution in [2.45, 2.75) is 30.3 Å². The van der Waals surface area contributed by atoms with Gasteiger partial charge in [-0.25, -0.2) is 13.6 Å². The number of halogens is 3. The molecule has 9 heteroatoms. The normalized spacial score (nSPS) is 22.4. The molecule has 2 saturated heterocycles. The van der Waals surface area contributed by atoms with Crippen LogP contribution in [0.25, 0.3) is 22.0 Å². The number of nitrogens with zero attached hydrogens (tertiary/aromatic N) is 3. The molecule has 3 aliphatic rings. The second-order valence-corrected chi connectivity index (χ2v) is 11.1. The first-order chi connectivity index (χ1) is 15.5. The molecule has 0 spiro atoms. The smallest absolute Gasteiger partial charge is 0.350 e. The third-order valence-corrected chi connectivity index (χ3v) is 9.34. The zero-order valence-electron chi connectivity index (χ0n) is 17.1. The van der Waals surface area contributed by atoms with E-state index in [0.29, 0.717) is 40.7 Å². The molecule has 0 saturated carbocycles. The number of rotatable bonds is 2. The van der Waals surface area contributed by atoms with Gasteiger partial charge in [0.25, 0.3) is 0 Å². The summed E-state index contributed by atoms with van der Waals surface area (Å²) in [5.41, 5.74) is 1.23. The van der Waals surface area contributed by atoms with Gasteiger partial charge in [0, 0.05) is 58.1 Å². The molecule has 2 aromatic carbocycles. The van der Waals surface area contributed by atoms with Gasteiger partial charge in [-0.2, -0.15) is 16.7 Å². The Morgan fingerprint density at radius 2 is 2.03 bits per heavy atom. The second kappa shape index (κ2) is 7.92. The average molecular weight is 492 g/mol. The van der Waals surface area contributed by atoms with Gasteiger partial charge in [-0.15, -0.1) is 11.8 Å². The molecule has 0 radical (unpaired) electrons. The lowest BCUT2D eigenvalue weighted by molar-refractivity contribution is 0.384. The number of anilines is 1. The molecular weight excluding hydrogens is 472 g/mol. The number of hydrogen-bond acceptors (Lipinski definition) is 5. The Hall–Kier alpha value is -1.77. The van der Waals surface area contributed by atoms with Gasteiger partial charge in [0.05, 0.1) is 10.5 Å². The quantitative estimate of drug-likeness (QED) is 0.477. The Morgan fingerprint density at radius 1 is 1.16 bits per heavy atom. The van der Waals surface area contributed by atoms with Gasteiger partial charge >= 0.3 is 5.69 Å². The van der Waals surface area contributed by atoms with Crippen LogP contribution >= 0.6 is 35.1 Å². The van der Waals surface area contributed by atoms with E-state index in [1.807, 2.05) is 17.8 Å². The lowest BCUT2D eigenvalue weighted by Crippen LogP contribution is -2.46. The molecule has 4 heterocycles. The van der Waals surface area contributed by atoms with Crippen molar-refractivity contribution in [3.8, 4) is 11.1 Å². The first-order valence-corrected chi connectivity index (χ1v) is 13.2. The lowest BCUT2D eigenvalue weighted by Gasteiger charge is -2.39. The highest BCUT2D eigenvalue weighted by molar-refractivity contribution is 7.99. The molecule has 0 aliphatic carbocycles. The molecule has 6 rings (SSSR count). The first-order valence-electron chi connectivity index (χ1n) is 10.7. The predicted molar refractivity (Wildman–Crippen MR) is 128 cm³/mol. The number of piperidine rings is 1. The van der Waals surface area contributed by atoms with Gasteiger partial charge < -0.3 is 4.90 Å². The van der Waals surface area contributed by atoms with Crippen molar-refractivity contribution < 1.29 is 8.78 Å². The topological polar surface area (TPSA) is 38.1 Å². The summed E-state index contributed by atoms with van der Waals surface area (Å²) in [5.74, 6) is 2.83. The Balaban J connectivity index is 1.63. The van der Waals surface area contributed by atoms with Crippen molar-refractivity contribution >= 4 is 51.8 Å². The third kappa shape index (κ3) is 3.17.